The molecule has 0 radical (unpaired) electrons. The largest absolute Gasteiger partial charge is 0.497 e. The van der Waals surface area contributed by atoms with Crippen LogP contribution in [0, 0.1) is 0 Å². The van der Waals surface area contributed by atoms with Crippen molar-refractivity contribution in [3.63, 3.8) is 0 Å². The van der Waals surface area contributed by atoms with Crippen LogP contribution in [0.15, 0.2) is 84.4 Å². The summed E-state index contributed by atoms with van der Waals surface area (Å²) >= 11 is 0. The SMILES string of the molecule is COc1ccc2c(c1)CCC(CN(C)Cc1ccccc1)=C2c1ccccc1. The lowest BCUT2D eigenvalue weighted by atomic mass is 9.82. The summed E-state index contributed by atoms with van der Waals surface area (Å²) in [5.41, 5.74) is 8.30. The third-order valence-electron chi connectivity index (χ3n) is 5.45. The molecule has 0 atom stereocenters. The lowest BCUT2D eigenvalue weighted by Gasteiger charge is -2.28. The fraction of sp³-hybridized carbons (Fsp3) is 0.231. The number of rotatable bonds is 6. The highest BCUT2D eigenvalue weighted by Gasteiger charge is 2.21. The third-order valence-corrected chi connectivity index (χ3v) is 5.45. The van der Waals surface area contributed by atoms with Crippen molar-refractivity contribution < 1.29 is 4.74 Å². The molecule has 2 heteroatoms. The van der Waals surface area contributed by atoms with Gasteiger partial charge in [0, 0.05) is 13.1 Å². The van der Waals surface area contributed by atoms with E-state index in [0.717, 1.165) is 31.7 Å². The fourth-order valence-corrected chi connectivity index (χ4v) is 4.15. The smallest absolute Gasteiger partial charge is 0.119 e. The van der Waals surface area contributed by atoms with Gasteiger partial charge in [-0.3, -0.25) is 4.90 Å². The van der Waals surface area contributed by atoms with Gasteiger partial charge in [-0.05, 0) is 65.4 Å². The van der Waals surface area contributed by atoms with Gasteiger partial charge in [-0.15, -0.1) is 0 Å². The molecule has 2 nitrogen and oxygen atoms in total. The molecule has 0 spiro atoms. The van der Waals surface area contributed by atoms with E-state index in [1.807, 2.05) is 0 Å². The van der Waals surface area contributed by atoms with Crippen LogP contribution in [0.25, 0.3) is 5.57 Å². The first-order chi connectivity index (χ1) is 13.7. The van der Waals surface area contributed by atoms with Crippen molar-refractivity contribution in [1.82, 2.24) is 4.90 Å². The van der Waals surface area contributed by atoms with Crippen LogP contribution < -0.4 is 4.74 Å². The zero-order chi connectivity index (χ0) is 19.3. The number of aryl methyl sites for hydroxylation is 1. The summed E-state index contributed by atoms with van der Waals surface area (Å²) in [6.45, 7) is 1.94. The summed E-state index contributed by atoms with van der Waals surface area (Å²) < 4.78 is 5.45. The molecule has 4 rings (SSSR count). The maximum absolute atomic E-state index is 5.45. The highest BCUT2D eigenvalue weighted by Crippen LogP contribution is 2.37. The summed E-state index contributed by atoms with van der Waals surface area (Å²) in [5.74, 6) is 0.941. The Bertz CT molecular complexity index is 960. The molecule has 3 aromatic carbocycles. The molecular weight excluding hydrogens is 342 g/mol. The third kappa shape index (κ3) is 4.02. The van der Waals surface area contributed by atoms with Crippen LogP contribution in [-0.4, -0.2) is 25.6 Å². The monoisotopic (exact) mass is 369 g/mol. The minimum atomic E-state index is 0.941. The van der Waals surface area contributed by atoms with Gasteiger partial charge in [-0.2, -0.15) is 0 Å². The first kappa shape index (κ1) is 18.5. The van der Waals surface area contributed by atoms with Crippen LogP contribution in [-0.2, 0) is 13.0 Å². The van der Waals surface area contributed by atoms with Crippen LogP contribution in [0.1, 0.15) is 28.7 Å². The number of hydrogen-bond acceptors (Lipinski definition) is 2. The van der Waals surface area contributed by atoms with Gasteiger partial charge in [0.05, 0.1) is 7.11 Å². The minimum absolute atomic E-state index is 0.941. The summed E-state index contributed by atoms with van der Waals surface area (Å²) in [4.78, 5) is 2.42. The normalized spacial score (nSPS) is 13.5. The summed E-state index contributed by atoms with van der Waals surface area (Å²) in [6.07, 6.45) is 2.15. The zero-order valence-electron chi connectivity index (χ0n) is 16.7. The van der Waals surface area contributed by atoms with E-state index in [0.29, 0.717) is 0 Å². The Kier molecular flexibility index (Phi) is 5.59. The van der Waals surface area contributed by atoms with E-state index in [1.54, 1.807) is 7.11 Å². The second-order valence-electron chi connectivity index (χ2n) is 7.53. The van der Waals surface area contributed by atoms with Gasteiger partial charge in [-0.1, -0.05) is 66.7 Å². The molecule has 0 heterocycles. The molecule has 0 unspecified atom stereocenters. The average Bonchev–Trinajstić information content (AvgIpc) is 2.74. The van der Waals surface area contributed by atoms with Gasteiger partial charge in [0.2, 0.25) is 0 Å². The molecule has 0 amide bonds. The first-order valence-corrected chi connectivity index (χ1v) is 9.92. The van der Waals surface area contributed by atoms with Crippen molar-refractivity contribution in [3.8, 4) is 5.75 Å². The lowest BCUT2D eigenvalue weighted by Crippen LogP contribution is -2.23. The summed E-state index contributed by atoms with van der Waals surface area (Å²) in [5, 5.41) is 0. The molecule has 0 bridgehead atoms. The van der Waals surface area contributed by atoms with Crippen molar-refractivity contribution >= 4 is 5.57 Å². The number of nitrogens with zero attached hydrogens (tertiary/aromatic N) is 1. The average molecular weight is 370 g/mol. The molecule has 0 aromatic heterocycles. The van der Waals surface area contributed by atoms with Crippen molar-refractivity contribution in [2.75, 3.05) is 20.7 Å². The molecule has 0 fully saturated rings. The highest BCUT2D eigenvalue weighted by atomic mass is 16.5. The van der Waals surface area contributed by atoms with E-state index >= 15 is 0 Å². The zero-order valence-corrected chi connectivity index (χ0v) is 16.7. The Morgan fingerprint density at radius 2 is 1.54 bits per heavy atom. The van der Waals surface area contributed by atoms with E-state index in [1.165, 1.54) is 33.4 Å². The van der Waals surface area contributed by atoms with E-state index in [-0.39, 0.29) is 0 Å². The molecule has 142 valence electrons. The molecule has 28 heavy (non-hydrogen) atoms. The van der Waals surface area contributed by atoms with Gasteiger partial charge < -0.3 is 4.74 Å². The van der Waals surface area contributed by atoms with Crippen LogP contribution >= 0.6 is 0 Å². The van der Waals surface area contributed by atoms with Gasteiger partial charge in [0.15, 0.2) is 0 Å². The summed E-state index contributed by atoms with van der Waals surface area (Å²) in [6, 6.07) is 28.0. The van der Waals surface area contributed by atoms with Crippen LogP contribution in [0.2, 0.25) is 0 Å². The van der Waals surface area contributed by atoms with Crippen molar-refractivity contribution in [1.29, 1.82) is 0 Å². The predicted molar refractivity (Wildman–Crippen MR) is 117 cm³/mol. The number of benzene rings is 3. The van der Waals surface area contributed by atoms with Crippen LogP contribution in [0.4, 0.5) is 0 Å². The van der Waals surface area contributed by atoms with Gasteiger partial charge in [0.25, 0.3) is 0 Å². The quantitative estimate of drug-likeness (QED) is 0.563. The van der Waals surface area contributed by atoms with Crippen molar-refractivity contribution in [3.05, 3.63) is 107 Å². The van der Waals surface area contributed by atoms with Crippen molar-refractivity contribution in [2.45, 2.75) is 19.4 Å². The Balaban J connectivity index is 1.69. The van der Waals surface area contributed by atoms with Crippen LogP contribution in [0.5, 0.6) is 5.75 Å². The van der Waals surface area contributed by atoms with Gasteiger partial charge in [-0.25, -0.2) is 0 Å². The molecule has 0 saturated carbocycles. The maximum atomic E-state index is 5.45. The standard InChI is InChI=1S/C26H27NO/c1-27(18-20-9-5-3-6-10-20)19-23-14-13-22-17-24(28-2)15-16-25(22)26(23)21-11-7-4-8-12-21/h3-12,15-17H,13-14,18-19H2,1-2H3. The molecule has 0 aliphatic heterocycles. The first-order valence-electron chi connectivity index (χ1n) is 9.92. The fourth-order valence-electron chi connectivity index (χ4n) is 4.15. The maximum Gasteiger partial charge on any atom is 0.119 e. The van der Waals surface area contributed by atoms with E-state index < -0.39 is 0 Å². The topological polar surface area (TPSA) is 12.5 Å². The van der Waals surface area contributed by atoms with Crippen LogP contribution in [0.3, 0.4) is 0 Å². The van der Waals surface area contributed by atoms with Crippen molar-refractivity contribution in [2.24, 2.45) is 0 Å². The van der Waals surface area contributed by atoms with E-state index in [9.17, 15) is 0 Å². The summed E-state index contributed by atoms with van der Waals surface area (Å²) in [7, 11) is 3.95. The molecular formula is C26H27NO. The lowest BCUT2D eigenvalue weighted by molar-refractivity contribution is 0.351. The Morgan fingerprint density at radius 3 is 2.25 bits per heavy atom. The highest BCUT2D eigenvalue weighted by molar-refractivity contribution is 5.85. The molecule has 1 aliphatic carbocycles. The second kappa shape index (κ2) is 8.45. The second-order valence-corrected chi connectivity index (χ2v) is 7.53. The minimum Gasteiger partial charge on any atom is -0.497 e. The number of ether oxygens (including phenoxy) is 1. The molecule has 1 aliphatic rings. The Morgan fingerprint density at radius 1 is 0.821 bits per heavy atom. The number of likely N-dealkylation sites (N-methyl/N-ethyl adjacent to an activating group) is 1. The molecule has 0 saturated heterocycles. The Labute approximate surface area is 168 Å². The molecule has 0 N–H and O–H groups in total. The van der Waals surface area contributed by atoms with Gasteiger partial charge >= 0.3 is 0 Å². The van der Waals surface area contributed by atoms with E-state index in [2.05, 4.69) is 90.8 Å². The number of hydrogen-bond donors (Lipinski definition) is 0. The molecule has 3 aromatic rings. The van der Waals surface area contributed by atoms with E-state index in [4.69, 9.17) is 4.74 Å². The number of fused-ring (bicyclic) bond motifs is 1. The number of methoxy groups -OCH3 is 1. The van der Waals surface area contributed by atoms with Gasteiger partial charge in [0.1, 0.15) is 5.75 Å². The Hall–Kier alpha value is -2.84. The predicted octanol–water partition coefficient (Wildman–Crippen LogP) is 5.58.